The number of methoxy groups -OCH3 is 1. The van der Waals surface area contributed by atoms with E-state index in [-0.39, 0.29) is 11.8 Å². The van der Waals surface area contributed by atoms with Crippen molar-refractivity contribution >= 4 is 23.2 Å². The third-order valence-corrected chi connectivity index (χ3v) is 4.88. The number of hydrogen-bond acceptors (Lipinski definition) is 3. The van der Waals surface area contributed by atoms with Gasteiger partial charge in [-0.3, -0.25) is 9.59 Å². The third-order valence-electron chi connectivity index (χ3n) is 4.88. The molecule has 0 aliphatic heterocycles. The molecule has 0 unspecified atom stereocenters. The fourth-order valence-electron chi connectivity index (χ4n) is 3.22. The van der Waals surface area contributed by atoms with Gasteiger partial charge in [0.25, 0.3) is 0 Å². The SMILES string of the molecule is COc1ccc(NC(=O)C2(C(=O)Nc3c(C)cc(C)cc3C)CC2)cc1. The summed E-state index contributed by atoms with van der Waals surface area (Å²) in [4.78, 5) is 25.5. The second kappa shape index (κ2) is 6.83. The lowest BCUT2D eigenvalue weighted by Crippen LogP contribution is -2.36. The quantitative estimate of drug-likeness (QED) is 0.800. The van der Waals surface area contributed by atoms with E-state index in [2.05, 4.69) is 10.6 Å². The van der Waals surface area contributed by atoms with Crippen LogP contribution >= 0.6 is 0 Å². The molecular weight excluding hydrogens is 328 g/mol. The van der Waals surface area contributed by atoms with Crippen LogP contribution in [0.4, 0.5) is 11.4 Å². The van der Waals surface area contributed by atoms with Crippen LogP contribution in [0.25, 0.3) is 0 Å². The summed E-state index contributed by atoms with van der Waals surface area (Å²) in [6, 6.07) is 11.1. The predicted octanol–water partition coefficient (Wildman–Crippen LogP) is 3.98. The second-order valence-electron chi connectivity index (χ2n) is 6.99. The van der Waals surface area contributed by atoms with Gasteiger partial charge in [-0.15, -0.1) is 0 Å². The predicted molar refractivity (Wildman–Crippen MR) is 103 cm³/mol. The summed E-state index contributed by atoms with van der Waals surface area (Å²) >= 11 is 0. The number of benzene rings is 2. The highest BCUT2D eigenvalue weighted by Crippen LogP contribution is 2.47. The number of ether oxygens (including phenoxy) is 1. The summed E-state index contributed by atoms with van der Waals surface area (Å²) in [5.41, 5.74) is 3.62. The minimum absolute atomic E-state index is 0.237. The smallest absolute Gasteiger partial charge is 0.240 e. The third kappa shape index (κ3) is 3.43. The Balaban J connectivity index is 1.73. The zero-order chi connectivity index (χ0) is 18.9. The average Bonchev–Trinajstić information content (AvgIpc) is 3.40. The number of aryl methyl sites for hydroxylation is 3. The lowest BCUT2D eigenvalue weighted by atomic mass is 10.0. The minimum atomic E-state index is -0.982. The van der Waals surface area contributed by atoms with Gasteiger partial charge < -0.3 is 15.4 Å². The molecule has 0 spiro atoms. The normalized spacial score (nSPS) is 14.5. The molecule has 0 atom stereocenters. The van der Waals surface area contributed by atoms with E-state index in [0.29, 0.717) is 24.3 Å². The molecule has 5 nitrogen and oxygen atoms in total. The van der Waals surface area contributed by atoms with Gasteiger partial charge in [-0.2, -0.15) is 0 Å². The van der Waals surface area contributed by atoms with Crippen molar-refractivity contribution in [1.29, 1.82) is 0 Å². The molecule has 3 rings (SSSR count). The highest BCUT2D eigenvalue weighted by atomic mass is 16.5. The molecule has 1 aliphatic carbocycles. The van der Waals surface area contributed by atoms with Crippen molar-refractivity contribution in [3.8, 4) is 5.75 Å². The Bertz CT molecular complexity index is 829. The summed E-state index contributed by atoms with van der Waals surface area (Å²) in [6.07, 6.45) is 1.12. The van der Waals surface area contributed by atoms with Crippen LogP contribution in [0.15, 0.2) is 36.4 Å². The van der Waals surface area contributed by atoms with Gasteiger partial charge >= 0.3 is 0 Å². The van der Waals surface area contributed by atoms with Crippen molar-refractivity contribution in [3.63, 3.8) is 0 Å². The molecule has 136 valence electrons. The van der Waals surface area contributed by atoms with Crippen LogP contribution in [0.5, 0.6) is 5.75 Å². The van der Waals surface area contributed by atoms with Gasteiger partial charge in [-0.25, -0.2) is 0 Å². The highest BCUT2D eigenvalue weighted by molar-refractivity contribution is 6.17. The summed E-state index contributed by atoms with van der Waals surface area (Å²) in [5, 5.41) is 5.82. The Labute approximate surface area is 153 Å². The zero-order valence-electron chi connectivity index (χ0n) is 15.6. The number of carbonyl (C=O) groups is 2. The number of nitrogens with one attached hydrogen (secondary N) is 2. The van der Waals surface area contributed by atoms with E-state index >= 15 is 0 Å². The second-order valence-corrected chi connectivity index (χ2v) is 6.99. The first-order chi connectivity index (χ1) is 12.4. The molecule has 1 fully saturated rings. The van der Waals surface area contributed by atoms with E-state index in [1.807, 2.05) is 32.9 Å². The van der Waals surface area contributed by atoms with Gasteiger partial charge in [0.2, 0.25) is 11.8 Å². The fraction of sp³-hybridized carbons (Fsp3) is 0.333. The van der Waals surface area contributed by atoms with Crippen LogP contribution in [-0.2, 0) is 9.59 Å². The summed E-state index contributed by atoms with van der Waals surface area (Å²) < 4.78 is 5.11. The Hall–Kier alpha value is -2.82. The molecule has 0 bridgehead atoms. The van der Waals surface area contributed by atoms with E-state index in [0.717, 1.165) is 22.4 Å². The first-order valence-electron chi connectivity index (χ1n) is 8.70. The molecule has 2 N–H and O–H groups in total. The van der Waals surface area contributed by atoms with Gasteiger partial charge in [-0.05, 0) is 69.0 Å². The lowest BCUT2D eigenvalue weighted by Gasteiger charge is -2.18. The average molecular weight is 352 g/mol. The van der Waals surface area contributed by atoms with Crippen molar-refractivity contribution in [3.05, 3.63) is 53.1 Å². The molecule has 1 aliphatic rings. The van der Waals surface area contributed by atoms with Crippen LogP contribution in [0.1, 0.15) is 29.5 Å². The maximum Gasteiger partial charge on any atom is 0.240 e. The summed E-state index contributed by atoms with van der Waals surface area (Å²) in [5.74, 6) is 0.216. The molecule has 2 aromatic carbocycles. The van der Waals surface area contributed by atoms with E-state index in [1.165, 1.54) is 0 Å². The standard InChI is InChI=1S/C21H24N2O3/c1-13-11-14(2)18(15(3)12-13)23-20(25)21(9-10-21)19(24)22-16-5-7-17(26-4)8-6-16/h5-8,11-12H,9-10H2,1-4H3,(H,22,24)(H,23,25). The molecule has 5 heteroatoms. The first kappa shape index (κ1) is 18.0. The topological polar surface area (TPSA) is 67.4 Å². The largest absolute Gasteiger partial charge is 0.497 e. The minimum Gasteiger partial charge on any atom is -0.497 e. The van der Waals surface area contributed by atoms with Crippen molar-refractivity contribution in [2.75, 3.05) is 17.7 Å². The molecule has 0 saturated heterocycles. The van der Waals surface area contributed by atoms with E-state index in [4.69, 9.17) is 4.74 Å². The van der Waals surface area contributed by atoms with Gasteiger partial charge in [0, 0.05) is 11.4 Å². The number of rotatable bonds is 5. The summed E-state index contributed by atoms with van der Waals surface area (Å²) in [6.45, 7) is 5.95. The van der Waals surface area contributed by atoms with E-state index in [9.17, 15) is 9.59 Å². The van der Waals surface area contributed by atoms with Crippen molar-refractivity contribution < 1.29 is 14.3 Å². The van der Waals surface area contributed by atoms with Crippen molar-refractivity contribution in [1.82, 2.24) is 0 Å². The maximum absolute atomic E-state index is 12.8. The molecule has 0 heterocycles. The molecule has 26 heavy (non-hydrogen) atoms. The Morgan fingerprint density at radius 3 is 1.96 bits per heavy atom. The van der Waals surface area contributed by atoms with Crippen LogP contribution in [0.2, 0.25) is 0 Å². The Morgan fingerprint density at radius 2 is 1.46 bits per heavy atom. The summed E-state index contributed by atoms with van der Waals surface area (Å²) in [7, 11) is 1.59. The van der Waals surface area contributed by atoms with Crippen molar-refractivity contribution in [2.45, 2.75) is 33.6 Å². The van der Waals surface area contributed by atoms with Crippen LogP contribution in [-0.4, -0.2) is 18.9 Å². The molecule has 0 aromatic heterocycles. The van der Waals surface area contributed by atoms with Gasteiger partial charge in [0.05, 0.1) is 7.11 Å². The van der Waals surface area contributed by atoms with E-state index in [1.54, 1.807) is 31.4 Å². The van der Waals surface area contributed by atoms with E-state index < -0.39 is 5.41 Å². The molecule has 1 saturated carbocycles. The number of carbonyl (C=O) groups excluding carboxylic acids is 2. The lowest BCUT2D eigenvalue weighted by molar-refractivity contribution is -0.131. The molecule has 2 amide bonds. The van der Waals surface area contributed by atoms with Crippen LogP contribution in [0.3, 0.4) is 0 Å². The number of hydrogen-bond donors (Lipinski definition) is 2. The van der Waals surface area contributed by atoms with Gasteiger partial charge in [0.1, 0.15) is 11.2 Å². The molecular formula is C21H24N2O3. The molecule has 0 radical (unpaired) electrons. The zero-order valence-corrected chi connectivity index (χ0v) is 15.6. The monoisotopic (exact) mass is 352 g/mol. The maximum atomic E-state index is 12.8. The number of amides is 2. The number of anilines is 2. The van der Waals surface area contributed by atoms with Crippen LogP contribution < -0.4 is 15.4 Å². The van der Waals surface area contributed by atoms with Gasteiger partial charge in [0.15, 0.2) is 0 Å². The van der Waals surface area contributed by atoms with Crippen LogP contribution in [0, 0.1) is 26.2 Å². The highest BCUT2D eigenvalue weighted by Gasteiger charge is 2.56. The Kier molecular flexibility index (Phi) is 4.72. The molecule has 2 aromatic rings. The fourth-order valence-corrected chi connectivity index (χ4v) is 3.22. The van der Waals surface area contributed by atoms with Crippen molar-refractivity contribution in [2.24, 2.45) is 5.41 Å². The van der Waals surface area contributed by atoms with Gasteiger partial charge in [-0.1, -0.05) is 17.7 Å². The first-order valence-corrected chi connectivity index (χ1v) is 8.70. The Morgan fingerprint density at radius 1 is 0.923 bits per heavy atom.